The van der Waals surface area contributed by atoms with E-state index in [9.17, 15) is 19.2 Å². The molecule has 1 saturated carbocycles. The Morgan fingerprint density at radius 2 is 1.76 bits per heavy atom. The lowest BCUT2D eigenvalue weighted by atomic mass is 9.76. The van der Waals surface area contributed by atoms with E-state index in [1.807, 2.05) is 0 Å². The molecule has 0 unspecified atom stereocenters. The van der Waals surface area contributed by atoms with Crippen molar-refractivity contribution in [3.63, 3.8) is 0 Å². The molecule has 1 aliphatic carbocycles. The van der Waals surface area contributed by atoms with Crippen molar-refractivity contribution in [1.82, 2.24) is 0 Å². The first-order valence-corrected chi connectivity index (χ1v) is 11.3. The fourth-order valence-corrected chi connectivity index (χ4v) is 4.71. The Kier molecular flexibility index (Phi) is 6.51. The van der Waals surface area contributed by atoms with Gasteiger partial charge in [0.1, 0.15) is 0 Å². The summed E-state index contributed by atoms with van der Waals surface area (Å²) in [6.07, 6.45) is 2.41. The summed E-state index contributed by atoms with van der Waals surface area (Å²) in [5.74, 6) is -1.58. The van der Waals surface area contributed by atoms with Crippen molar-refractivity contribution >= 4 is 46.7 Å². The quantitative estimate of drug-likeness (QED) is 0.519. The van der Waals surface area contributed by atoms with E-state index < -0.39 is 18.5 Å². The number of rotatable bonds is 5. The zero-order valence-electron chi connectivity index (χ0n) is 18.5. The Balaban J connectivity index is 1.36. The molecule has 0 aromatic heterocycles. The minimum absolute atomic E-state index is 0.166. The molecule has 33 heavy (non-hydrogen) atoms. The third kappa shape index (κ3) is 4.64. The Bertz CT molecular complexity index is 1110. The first-order valence-electron chi connectivity index (χ1n) is 11.0. The molecule has 4 rings (SSSR count). The fraction of sp³-hybridized carbons (Fsp3) is 0.360. The van der Waals surface area contributed by atoms with Crippen molar-refractivity contribution in [2.24, 2.45) is 17.8 Å². The van der Waals surface area contributed by atoms with Gasteiger partial charge in [0.2, 0.25) is 11.8 Å². The SMILES string of the molecule is Cc1c(Cl)cccc1NC(=O)COC(=O)c1ccc(N2C(=O)[C@H]3C[C@@H](C)CC[C@H]3C2=O)cc1. The van der Waals surface area contributed by atoms with E-state index >= 15 is 0 Å². The first kappa shape index (κ1) is 23.0. The Hall–Kier alpha value is -3.19. The standard InChI is InChI=1S/C25H25ClN2O5/c1-14-6-11-18-19(12-14)24(31)28(23(18)30)17-9-7-16(8-10-17)25(32)33-13-22(29)27-21-5-3-4-20(26)15(21)2/h3-5,7-10,14,18-19H,6,11-13H2,1-2H3,(H,27,29)/t14-,18+,19-/m0/s1. The van der Waals surface area contributed by atoms with Crippen LogP contribution >= 0.6 is 11.6 Å². The zero-order valence-corrected chi connectivity index (χ0v) is 19.2. The van der Waals surface area contributed by atoms with Gasteiger partial charge in [-0.05, 0) is 74.1 Å². The van der Waals surface area contributed by atoms with Gasteiger partial charge in [-0.15, -0.1) is 0 Å². The van der Waals surface area contributed by atoms with E-state index in [2.05, 4.69) is 12.2 Å². The number of hydrogen-bond acceptors (Lipinski definition) is 5. The second kappa shape index (κ2) is 9.35. The minimum atomic E-state index is -0.680. The molecule has 2 aromatic rings. The van der Waals surface area contributed by atoms with E-state index in [1.165, 1.54) is 17.0 Å². The van der Waals surface area contributed by atoms with Gasteiger partial charge in [-0.25, -0.2) is 4.79 Å². The van der Waals surface area contributed by atoms with Crippen LogP contribution in [0.4, 0.5) is 11.4 Å². The van der Waals surface area contributed by atoms with Crippen molar-refractivity contribution in [2.75, 3.05) is 16.8 Å². The number of esters is 1. The number of amides is 3. The van der Waals surface area contributed by atoms with Crippen LogP contribution in [0.5, 0.6) is 0 Å². The predicted molar refractivity (Wildman–Crippen MR) is 124 cm³/mol. The van der Waals surface area contributed by atoms with Gasteiger partial charge in [0, 0.05) is 10.7 Å². The number of hydrogen-bond donors (Lipinski definition) is 1. The lowest BCUT2D eigenvalue weighted by Gasteiger charge is -2.25. The number of nitrogens with one attached hydrogen (secondary N) is 1. The second-order valence-electron chi connectivity index (χ2n) is 8.73. The molecule has 2 aliphatic rings. The largest absolute Gasteiger partial charge is 0.452 e. The molecule has 1 N–H and O–H groups in total. The number of halogens is 1. The molecule has 0 bridgehead atoms. The molecule has 172 valence electrons. The summed E-state index contributed by atoms with van der Waals surface area (Å²) in [6.45, 7) is 3.42. The summed E-state index contributed by atoms with van der Waals surface area (Å²) >= 11 is 6.04. The Morgan fingerprint density at radius 3 is 2.48 bits per heavy atom. The zero-order chi connectivity index (χ0) is 23.7. The fourth-order valence-electron chi connectivity index (χ4n) is 4.53. The van der Waals surface area contributed by atoms with Gasteiger partial charge >= 0.3 is 5.97 Å². The molecule has 2 aromatic carbocycles. The number of imide groups is 1. The maximum atomic E-state index is 12.8. The van der Waals surface area contributed by atoms with Crippen molar-refractivity contribution in [3.8, 4) is 0 Å². The first-order chi connectivity index (χ1) is 15.8. The van der Waals surface area contributed by atoms with Crippen molar-refractivity contribution < 1.29 is 23.9 Å². The van der Waals surface area contributed by atoms with E-state index in [-0.39, 0.29) is 29.2 Å². The normalized spacial score (nSPS) is 22.2. The highest BCUT2D eigenvalue weighted by Crippen LogP contribution is 2.42. The number of fused-ring (bicyclic) bond motifs is 1. The van der Waals surface area contributed by atoms with E-state index in [4.69, 9.17) is 16.3 Å². The van der Waals surface area contributed by atoms with Crippen LogP contribution in [0.3, 0.4) is 0 Å². The monoisotopic (exact) mass is 468 g/mol. The molecular weight excluding hydrogens is 444 g/mol. The highest BCUT2D eigenvalue weighted by atomic mass is 35.5. The van der Waals surface area contributed by atoms with Crippen molar-refractivity contribution in [1.29, 1.82) is 0 Å². The van der Waals surface area contributed by atoms with Crippen LogP contribution in [0.15, 0.2) is 42.5 Å². The van der Waals surface area contributed by atoms with Crippen LogP contribution in [0.25, 0.3) is 0 Å². The molecule has 7 nitrogen and oxygen atoms in total. The topological polar surface area (TPSA) is 92.8 Å². The molecule has 1 saturated heterocycles. The summed E-state index contributed by atoms with van der Waals surface area (Å²) in [5, 5.41) is 3.18. The average molecular weight is 469 g/mol. The smallest absolute Gasteiger partial charge is 0.338 e. The second-order valence-corrected chi connectivity index (χ2v) is 9.13. The third-order valence-corrected chi connectivity index (χ3v) is 6.83. The van der Waals surface area contributed by atoms with Crippen LogP contribution in [-0.4, -0.2) is 30.3 Å². The minimum Gasteiger partial charge on any atom is -0.452 e. The van der Waals surface area contributed by atoms with Gasteiger partial charge in [-0.3, -0.25) is 19.3 Å². The highest BCUT2D eigenvalue weighted by molar-refractivity contribution is 6.31. The van der Waals surface area contributed by atoms with E-state index in [0.29, 0.717) is 22.3 Å². The molecule has 1 heterocycles. The van der Waals surface area contributed by atoms with Gasteiger partial charge in [-0.2, -0.15) is 0 Å². The summed E-state index contributed by atoms with van der Waals surface area (Å²) in [7, 11) is 0. The average Bonchev–Trinajstić information content (AvgIpc) is 3.04. The van der Waals surface area contributed by atoms with Gasteiger partial charge < -0.3 is 10.1 Å². The third-order valence-electron chi connectivity index (χ3n) is 6.42. The van der Waals surface area contributed by atoms with Gasteiger partial charge in [0.05, 0.1) is 23.1 Å². The molecule has 2 fully saturated rings. The maximum absolute atomic E-state index is 12.8. The molecular formula is C25H25ClN2O5. The highest BCUT2D eigenvalue weighted by Gasteiger charge is 2.49. The number of carbonyl (C=O) groups excluding carboxylic acids is 4. The number of ether oxygens (including phenoxy) is 1. The van der Waals surface area contributed by atoms with E-state index in [0.717, 1.165) is 24.8 Å². The van der Waals surface area contributed by atoms with Crippen LogP contribution in [-0.2, 0) is 19.1 Å². The number of anilines is 2. The predicted octanol–water partition coefficient (Wildman–Crippen LogP) is 4.37. The summed E-state index contributed by atoms with van der Waals surface area (Å²) in [5.41, 5.74) is 1.92. The van der Waals surface area contributed by atoms with Crippen molar-refractivity contribution in [2.45, 2.75) is 33.1 Å². The van der Waals surface area contributed by atoms with Crippen LogP contribution in [0.2, 0.25) is 5.02 Å². The number of carbonyl (C=O) groups is 4. The van der Waals surface area contributed by atoms with Gasteiger partial charge in [0.15, 0.2) is 6.61 Å². The Labute approximate surface area is 197 Å². The van der Waals surface area contributed by atoms with Crippen LogP contribution < -0.4 is 10.2 Å². The number of nitrogens with zero attached hydrogens (tertiary/aromatic N) is 1. The van der Waals surface area contributed by atoms with Crippen LogP contribution in [0, 0.1) is 24.7 Å². The summed E-state index contributed by atoms with van der Waals surface area (Å²) in [6, 6.07) is 11.2. The molecule has 3 amide bonds. The lowest BCUT2D eigenvalue weighted by Crippen LogP contribution is -2.30. The maximum Gasteiger partial charge on any atom is 0.338 e. The molecule has 8 heteroatoms. The molecule has 0 spiro atoms. The molecule has 3 atom stereocenters. The van der Waals surface area contributed by atoms with Gasteiger partial charge in [-0.1, -0.05) is 24.6 Å². The lowest BCUT2D eigenvalue weighted by molar-refractivity contribution is -0.122. The van der Waals surface area contributed by atoms with Crippen molar-refractivity contribution in [3.05, 3.63) is 58.6 Å². The van der Waals surface area contributed by atoms with E-state index in [1.54, 1.807) is 37.3 Å². The van der Waals surface area contributed by atoms with Crippen LogP contribution in [0.1, 0.15) is 42.1 Å². The summed E-state index contributed by atoms with van der Waals surface area (Å²) in [4.78, 5) is 51.4. The molecule has 0 radical (unpaired) electrons. The molecule has 1 aliphatic heterocycles. The summed E-state index contributed by atoms with van der Waals surface area (Å²) < 4.78 is 5.10. The number of benzene rings is 2. The Morgan fingerprint density at radius 1 is 1.06 bits per heavy atom. The van der Waals surface area contributed by atoms with Gasteiger partial charge in [0.25, 0.3) is 5.91 Å².